The standard InChI is InChI=1S/C16H20N4O/c1-4-20(5-2)15(21)14-10-11-17-16(19-14)18-13-9-7-6-8-12(13)3/h6-11H,4-5H2,1-3H3,(H,17,18,19). The predicted octanol–water partition coefficient (Wildman–Crippen LogP) is 3.01. The summed E-state index contributed by atoms with van der Waals surface area (Å²) in [6.07, 6.45) is 1.60. The number of hydrogen-bond acceptors (Lipinski definition) is 4. The Morgan fingerprint density at radius 1 is 1.19 bits per heavy atom. The number of aromatic nitrogens is 2. The molecule has 0 aliphatic carbocycles. The van der Waals surface area contributed by atoms with E-state index in [1.54, 1.807) is 17.2 Å². The fraction of sp³-hybridized carbons (Fsp3) is 0.312. The van der Waals surface area contributed by atoms with Crippen molar-refractivity contribution in [3.05, 3.63) is 47.8 Å². The molecule has 0 saturated carbocycles. The molecule has 1 heterocycles. The number of rotatable bonds is 5. The van der Waals surface area contributed by atoms with E-state index in [-0.39, 0.29) is 5.91 Å². The van der Waals surface area contributed by atoms with E-state index in [4.69, 9.17) is 0 Å². The van der Waals surface area contributed by atoms with Gasteiger partial charge in [0, 0.05) is 25.0 Å². The molecule has 1 aromatic heterocycles. The minimum atomic E-state index is -0.0739. The zero-order chi connectivity index (χ0) is 15.2. The lowest BCUT2D eigenvalue weighted by molar-refractivity contribution is 0.0767. The molecule has 21 heavy (non-hydrogen) atoms. The molecule has 110 valence electrons. The van der Waals surface area contributed by atoms with Crippen molar-refractivity contribution in [2.24, 2.45) is 0 Å². The summed E-state index contributed by atoms with van der Waals surface area (Å²) >= 11 is 0. The summed E-state index contributed by atoms with van der Waals surface area (Å²) in [5.74, 6) is 0.359. The Morgan fingerprint density at radius 3 is 2.57 bits per heavy atom. The number of amides is 1. The van der Waals surface area contributed by atoms with E-state index < -0.39 is 0 Å². The fourth-order valence-corrected chi connectivity index (χ4v) is 2.04. The highest BCUT2D eigenvalue weighted by molar-refractivity contribution is 5.92. The van der Waals surface area contributed by atoms with Gasteiger partial charge in [-0.05, 0) is 38.5 Å². The maximum atomic E-state index is 12.3. The third-order valence-corrected chi connectivity index (χ3v) is 3.32. The van der Waals surface area contributed by atoms with Crippen LogP contribution in [-0.2, 0) is 0 Å². The number of anilines is 2. The van der Waals surface area contributed by atoms with Crippen molar-refractivity contribution in [1.29, 1.82) is 0 Å². The first-order valence-corrected chi connectivity index (χ1v) is 7.10. The zero-order valence-corrected chi connectivity index (χ0v) is 12.6. The van der Waals surface area contributed by atoms with Crippen LogP contribution in [0.25, 0.3) is 0 Å². The average Bonchev–Trinajstić information content (AvgIpc) is 2.51. The van der Waals surface area contributed by atoms with Crippen molar-refractivity contribution in [1.82, 2.24) is 14.9 Å². The van der Waals surface area contributed by atoms with Gasteiger partial charge in [-0.1, -0.05) is 18.2 Å². The van der Waals surface area contributed by atoms with E-state index in [1.165, 1.54) is 0 Å². The molecule has 0 atom stereocenters. The third-order valence-electron chi connectivity index (χ3n) is 3.32. The van der Waals surface area contributed by atoms with Crippen molar-refractivity contribution in [2.75, 3.05) is 18.4 Å². The number of para-hydroxylation sites is 1. The largest absolute Gasteiger partial charge is 0.338 e. The van der Waals surface area contributed by atoms with Gasteiger partial charge in [-0.15, -0.1) is 0 Å². The van der Waals surface area contributed by atoms with Crippen LogP contribution in [0.3, 0.4) is 0 Å². The van der Waals surface area contributed by atoms with Crippen LogP contribution in [0.4, 0.5) is 11.6 Å². The van der Waals surface area contributed by atoms with Gasteiger partial charge < -0.3 is 10.2 Å². The molecule has 0 aliphatic heterocycles. The van der Waals surface area contributed by atoms with Crippen LogP contribution in [0, 0.1) is 6.92 Å². The monoisotopic (exact) mass is 284 g/mol. The van der Waals surface area contributed by atoms with Gasteiger partial charge in [-0.2, -0.15) is 0 Å². The van der Waals surface area contributed by atoms with Crippen LogP contribution in [0.5, 0.6) is 0 Å². The SMILES string of the molecule is CCN(CC)C(=O)c1ccnc(Nc2ccccc2C)n1. The Kier molecular flexibility index (Phi) is 4.87. The Bertz CT molecular complexity index is 623. The van der Waals surface area contributed by atoms with Crippen LogP contribution in [-0.4, -0.2) is 33.9 Å². The fourth-order valence-electron chi connectivity index (χ4n) is 2.04. The molecule has 1 aromatic carbocycles. The van der Waals surface area contributed by atoms with Gasteiger partial charge in [-0.25, -0.2) is 9.97 Å². The second kappa shape index (κ2) is 6.83. The van der Waals surface area contributed by atoms with Crippen LogP contribution in [0.15, 0.2) is 36.5 Å². The van der Waals surface area contributed by atoms with Crippen molar-refractivity contribution in [2.45, 2.75) is 20.8 Å². The molecule has 0 bridgehead atoms. The Balaban J connectivity index is 2.22. The summed E-state index contributed by atoms with van der Waals surface area (Å²) in [6.45, 7) is 7.25. The Hall–Kier alpha value is -2.43. The Labute approximate surface area is 125 Å². The van der Waals surface area contributed by atoms with Crippen LogP contribution >= 0.6 is 0 Å². The number of hydrogen-bond donors (Lipinski definition) is 1. The van der Waals surface area contributed by atoms with E-state index in [9.17, 15) is 4.79 Å². The van der Waals surface area contributed by atoms with Gasteiger partial charge in [0.1, 0.15) is 5.69 Å². The molecule has 0 saturated heterocycles. The maximum absolute atomic E-state index is 12.3. The number of aryl methyl sites for hydroxylation is 1. The molecular weight excluding hydrogens is 264 g/mol. The van der Waals surface area contributed by atoms with Crippen molar-refractivity contribution in [3.63, 3.8) is 0 Å². The van der Waals surface area contributed by atoms with Gasteiger partial charge in [0.2, 0.25) is 5.95 Å². The maximum Gasteiger partial charge on any atom is 0.272 e. The minimum absolute atomic E-state index is 0.0739. The quantitative estimate of drug-likeness (QED) is 0.917. The molecule has 5 nitrogen and oxygen atoms in total. The number of carbonyl (C=O) groups is 1. The first-order valence-electron chi connectivity index (χ1n) is 7.10. The average molecular weight is 284 g/mol. The summed E-state index contributed by atoms with van der Waals surface area (Å²) < 4.78 is 0. The van der Waals surface area contributed by atoms with Gasteiger partial charge >= 0.3 is 0 Å². The van der Waals surface area contributed by atoms with E-state index >= 15 is 0 Å². The van der Waals surface area contributed by atoms with Crippen molar-refractivity contribution < 1.29 is 4.79 Å². The number of nitrogens with zero attached hydrogens (tertiary/aromatic N) is 3. The third kappa shape index (κ3) is 3.56. The number of benzene rings is 1. The minimum Gasteiger partial charge on any atom is -0.338 e. The second-order valence-electron chi connectivity index (χ2n) is 4.68. The van der Waals surface area contributed by atoms with Gasteiger partial charge in [0.25, 0.3) is 5.91 Å². The first kappa shape index (κ1) is 15.0. The molecule has 1 N–H and O–H groups in total. The van der Waals surface area contributed by atoms with Crippen LogP contribution in [0.2, 0.25) is 0 Å². The molecule has 0 radical (unpaired) electrons. The topological polar surface area (TPSA) is 58.1 Å². The highest BCUT2D eigenvalue weighted by atomic mass is 16.2. The predicted molar refractivity (Wildman–Crippen MR) is 83.7 cm³/mol. The van der Waals surface area contributed by atoms with Crippen LogP contribution < -0.4 is 5.32 Å². The second-order valence-corrected chi connectivity index (χ2v) is 4.68. The van der Waals surface area contributed by atoms with Crippen molar-refractivity contribution >= 4 is 17.5 Å². The van der Waals surface area contributed by atoms with Gasteiger partial charge in [0.05, 0.1) is 0 Å². The van der Waals surface area contributed by atoms with E-state index in [2.05, 4.69) is 15.3 Å². The molecule has 0 spiro atoms. The number of nitrogens with one attached hydrogen (secondary N) is 1. The number of carbonyl (C=O) groups excluding carboxylic acids is 1. The van der Waals surface area contributed by atoms with Crippen molar-refractivity contribution in [3.8, 4) is 0 Å². The molecule has 0 aliphatic rings. The smallest absolute Gasteiger partial charge is 0.272 e. The molecule has 0 fully saturated rings. The molecule has 1 amide bonds. The van der Waals surface area contributed by atoms with E-state index in [0.29, 0.717) is 24.7 Å². The first-order chi connectivity index (χ1) is 10.2. The summed E-state index contributed by atoms with van der Waals surface area (Å²) in [6, 6.07) is 9.52. The molecule has 5 heteroatoms. The van der Waals surface area contributed by atoms with Gasteiger partial charge in [-0.3, -0.25) is 4.79 Å². The lowest BCUT2D eigenvalue weighted by Crippen LogP contribution is -2.31. The van der Waals surface area contributed by atoms with E-state index in [1.807, 2.05) is 45.0 Å². The zero-order valence-electron chi connectivity index (χ0n) is 12.6. The highest BCUT2D eigenvalue weighted by Crippen LogP contribution is 2.17. The molecule has 2 rings (SSSR count). The summed E-state index contributed by atoms with van der Waals surface area (Å²) in [7, 11) is 0. The summed E-state index contributed by atoms with van der Waals surface area (Å²) in [5.41, 5.74) is 2.44. The normalized spacial score (nSPS) is 10.2. The van der Waals surface area contributed by atoms with Crippen LogP contribution in [0.1, 0.15) is 29.9 Å². The molecule has 0 unspecified atom stereocenters. The lowest BCUT2D eigenvalue weighted by Gasteiger charge is -2.18. The summed E-state index contributed by atoms with van der Waals surface area (Å²) in [4.78, 5) is 22.5. The van der Waals surface area contributed by atoms with Gasteiger partial charge in [0.15, 0.2) is 0 Å². The lowest BCUT2D eigenvalue weighted by atomic mass is 10.2. The molecule has 2 aromatic rings. The highest BCUT2D eigenvalue weighted by Gasteiger charge is 2.14. The summed E-state index contributed by atoms with van der Waals surface area (Å²) in [5, 5.41) is 3.15. The molecular formula is C16H20N4O. The van der Waals surface area contributed by atoms with E-state index in [0.717, 1.165) is 11.3 Å². The Morgan fingerprint density at radius 2 is 1.90 bits per heavy atom.